The molecule has 1 aromatic heterocycles. The van der Waals surface area contributed by atoms with Crippen molar-refractivity contribution in [1.82, 2.24) is 15.3 Å². The van der Waals surface area contributed by atoms with Gasteiger partial charge in [0.25, 0.3) is 0 Å². The zero-order valence-electron chi connectivity index (χ0n) is 10.6. The van der Waals surface area contributed by atoms with Crippen LogP contribution in [0.3, 0.4) is 0 Å². The van der Waals surface area contributed by atoms with Crippen LogP contribution in [0, 0.1) is 0 Å². The molecule has 1 aliphatic rings. The maximum Gasteiger partial charge on any atom is 0.137 e. The first kappa shape index (κ1) is 11.4. The van der Waals surface area contributed by atoms with Gasteiger partial charge < -0.3 is 10.6 Å². The number of nitrogens with one attached hydrogen (secondary N) is 2. The second-order valence-electron chi connectivity index (χ2n) is 4.72. The zero-order valence-corrected chi connectivity index (χ0v) is 10.6. The molecule has 3 rings (SSSR count). The van der Waals surface area contributed by atoms with E-state index < -0.39 is 0 Å². The van der Waals surface area contributed by atoms with Gasteiger partial charge in [0.15, 0.2) is 0 Å². The Kier molecular flexibility index (Phi) is 3.11. The minimum Gasteiger partial charge on any atom is -0.373 e. The fourth-order valence-electron chi connectivity index (χ4n) is 2.55. The van der Waals surface area contributed by atoms with E-state index in [-0.39, 0.29) is 0 Å². The number of piperidine rings is 1. The Morgan fingerprint density at radius 1 is 1.17 bits per heavy atom. The number of nitrogens with zero attached hydrogens (tertiary/aromatic N) is 2. The second kappa shape index (κ2) is 4.90. The Balaban J connectivity index is 2.07. The lowest BCUT2D eigenvalue weighted by Crippen LogP contribution is -2.27. The van der Waals surface area contributed by atoms with E-state index >= 15 is 0 Å². The van der Waals surface area contributed by atoms with E-state index in [0.29, 0.717) is 5.92 Å². The summed E-state index contributed by atoms with van der Waals surface area (Å²) < 4.78 is 0. The Morgan fingerprint density at radius 3 is 2.72 bits per heavy atom. The summed E-state index contributed by atoms with van der Waals surface area (Å²) >= 11 is 0. The van der Waals surface area contributed by atoms with Crippen LogP contribution in [0.5, 0.6) is 0 Å². The first-order valence-electron chi connectivity index (χ1n) is 6.53. The van der Waals surface area contributed by atoms with Crippen LogP contribution in [0.1, 0.15) is 24.6 Å². The molecule has 0 unspecified atom stereocenters. The molecular weight excluding hydrogens is 224 g/mol. The molecule has 0 radical (unpaired) electrons. The molecule has 0 aliphatic carbocycles. The number of benzene rings is 1. The number of rotatable bonds is 2. The third kappa shape index (κ3) is 2.04. The third-order valence-electron chi connectivity index (χ3n) is 3.56. The van der Waals surface area contributed by atoms with Crippen LogP contribution in [0.2, 0.25) is 0 Å². The first-order valence-corrected chi connectivity index (χ1v) is 6.53. The minimum absolute atomic E-state index is 0.489. The molecule has 18 heavy (non-hydrogen) atoms. The molecule has 1 aromatic carbocycles. The summed E-state index contributed by atoms with van der Waals surface area (Å²) in [5.74, 6) is 2.41. The van der Waals surface area contributed by atoms with Gasteiger partial charge in [-0.1, -0.05) is 12.1 Å². The van der Waals surface area contributed by atoms with Crippen molar-refractivity contribution in [2.45, 2.75) is 18.8 Å². The highest BCUT2D eigenvalue weighted by molar-refractivity contribution is 5.88. The summed E-state index contributed by atoms with van der Waals surface area (Å²) in [6.07, 6.45) is 2.25. The second-order valence-corrected chi connectivity index (χ2v) is 4.72. The van der Waals surface area contributed by atoms with Crippen LogP contribution in [0.15, 0.2) is 24.3 Å². The van der Waals surface area contributed by atoms with Crippen molar-refractivity contribution in [2.75, 3.05) is 25.5 Å². The highest BCUT2D eigenvalue weighted by atomic mass is 15.0. The van der Waals surface area contributed by atoms with Gasteiger partial charge in [0.2, 0.25) is 0 Å². The lowest BCUT2D eigenvalue weighted by Gasteiger charge is -2.22. The number of hydrogen-bond donors (Lipinski definition) is 2. The van der Waals surface area contributed by atoms with Gasteiger partial charge in [0.05, 0.1) is 5.52 Å². The summed E-state index contributed by atoms with van der Waals surface area (Å²) in [4.78, 5) is 9.42. The fraction of sp³-hybridized carbons (Fsp3) is 0.429. The molecule has 0 bridgehead atoms. The molecule has 1 aliphatic heterocycles. The van der Waals surface area contributed by atoms with Gasteiger partial charge in [0, 0.05) is 18.4 Å². The van der Waals surface area contributed by atoms with Crippen LogP contribution in [0.25, 0.3) is 10.9 Å². The van der Waals surface area contributed by atoms with Crippen LogP contribution in [-0.4, -0.2) is 30.1 Å². The molecule has 2 N–H and O–H groups in total. The maximum absolute atomic E-state index is 4.73. The van der Waals surface area contributed by atoms with E-state index in [0.717, 1.165) is 48.5 Å². The van der Waals surface area contributed by atoms with Gasteiger partial charge in [-0.3, -0.25) is 0 Å². The van der Waals surface area contributed by atoms with Crippen molar-refractivity contribution in [3.63, 3.8) is 0 Å². The maximum atomic E-state index is 4.73. The number of aromatic nitrogens is 2. The number of hydrogen-bond acceptors (Lipinski definition) is 4. The molecular formula is C14H18N4. The largest absolute Gasteiger partial charge is 0.373 e. The molecule has 0 atom stereocenters. The zero-order chi connectivity index (χ0) is 12.4. The van der Waals surface area contributed by atoms with E-state index in [9.17, 15) is 0 Å². The minimum atomic E-state index is 0.489. The van der Waals surface area contributed by atoms with E-state index in [1.165, 1.54) is 0 Å². The Morgan fingerprint density at radius 2 is 1.94 bits per heavy atom. The predicted molar refractivity (Wildman–Crippen MR) is 73.9 cm³/mol. The monoisotopic (exact) mass is 242 g/mol. The predicted octanol–water partition coefficient (Wildman–Crippen LogP) is 2.14. The average molecular weight is 242 g/mol. The highest BCUT2D eigenvalue weighted by Gasteiger charge is 2.19. The summed E-state index contributed by atoms with van der Waals surface area (Å²) in [6, 6.07) is 8.17. The van der Waals surface area contributed by atoms with E-state index in [2.05, 4.69) is 22.8 Å². The van der Waals surface area contributed by atoms with Gasteiger partial charge in [-0.2, -0.15) is 0 Å². The molecule has 2 aromatic rings. The van der Waals surface area contributed by atoms with Gasteiger partial charge in [-0.25, -0.2) is 9.97 Å². The Bertz CT molecular complexity index is 546. The number of fused-ring (bicyclic) bond motifs is 1. The van der Waals surface area contributed by atoms with Crippen molar-refractivity contribution in [3.05, 3.63) is 30.1 Å². The van der Waals surface area contributed by atoms with Gasteiger partial charge >= 0.3 is 0 Å². The molecule has 0 saturated carbocycles. The molecule has 0 amide bonds. The molecule has 4 heteroatoms. The number of anilines is 1. The highest BCUT2D eigenvalue weighted by Crippen LogP contribution is 2.27. The summed E-state index contributed by atoms with van der Waals surface area (Å²) in [6.45, 7) is 2.13. The van der Waals surface area contributed by atoms with Gasteiger partial charge in [-0.15, -0.1) is 0 Å². The van der Waals surface area contributed by atoms with Crippen LogP contribution >= 0.6 is 0 Å². The molecule has 2 heterocycles. The summed E-state index contributed by atoms with van der Waals surface area (Å²) in [5.41, 5.74) is 1.03. The van der Waals surface area contributed by atoms with Crippen molar-refractivity contribution in [1.29, 1.82) is 0 Å². The van der Waals surface area contributed by atoms with Crippen molar-refractivity contribution in [3.8, 4) is 0 Å². The molecule has 94 valence electrons. The molecule has 4 nitrogen and oxygen atoms in total. The van der Waals surface area contributed by atoms with E-state index in [1.54, 1.807) is 0 Å². The number of para-hydroxylation sites is 1. The topological polar surface area (TPSA) is 49.8 Å². The Hall–Kier alpha value is -1.68. The lowest BCUT2D eigenvalue weighted by atomic mass is 9.97. The van der Waals surface area contributed by atoms with Crippen LogP contribution in [0.4, 0.5) is 5.82 Å². The molecule has 1 saturated heterocycles. The van der Waals surface area contributed by atoms with Crippen molar-refractivity contribution >= 4 is 16.7 Å². The normalized spacial score (nSPS) is 16.9. The average Bonchev–Trinajstić information content (AvgIpc) is 2.47. The fourth-order valence-corrected chi connectivity index (χ4v) is 2.55. The third-order valence-corrected chi connectivity index (χ3v) is 3.56. The standard InChI is InChI=1S/C14H18N4/c1-15-14-11-4-2-3-5-12(11)17-13(18-14)10-6-8-16-9-7-10/h2-5,10,16H,6-9H2,1H3,(H,15,17,18). The van der Waals surface area contributed by atoms with Crippen LogP contribution in [-0.2, 0) is 0 Å². The summed E-state index contributed by atoms with van der Waals surface area (Å²) in [5, 5.41) is 7.66. The Labute approximate surface area is 107 Å². The SMILES string of the molecule is CNc1nc(C2CCNCC2)nc2ccccc12. The first-order chi connectivity index (χ1) is 8.88. The lowest BCUT2D eigenvalue weighted by molar-refractivity contribution is 0.446. The smallest absolute Gasteiger partial charge is 0.137 e. The van der Waals surface area contributed by atoms with E-state index in [1.807, 2.05) is 19.2 Å². The van der Waals surface area contributed by atoms with Crippen LogP contribution < -0.4 is 10.6 Å². The van der Waals surface area contributed by atoms with Gasteiger partial charge in [0.1, 0.15) is 11.6 Å². The molecule has 1 fully saturated rings. The van der Waals surface area contributed by atoms with Crippen molar-refractivity contribution in [2.24, 2.45) is 0 Å². The molecule has 0 spiro atoms. The van der Waals surface area contributed by atoms with Crippen molar-refractivity contribution < 1.29 is 0 Å². The summed E-state index contributed by atoms with van der Waals surface area (Å²) in [7, 11) is 1.92. The quantitative estimate of drug-likeness (QED) is 0.847. The van der Waals surface area contributed by atoms with E-state index in [4.69, 9.17) is 9.97 Å². The van der Waals surface area contributed by atoms with Gasteiger partial charge in [-0.05, 0) is 38.1 Å².